The molecule has 3 aromatic rings. The van der Waals surface area contributed by atoms with Crippen molar-refractivity contribution in [1.82, 2.24) is 24.9 Å². The summed E-state index contributed by atoms with van der Waals surface area (Å²) in [6.07, 6.45) is 4.17. The van der Waals surface area contributed by atoms with Gasteiger partial charge in [-0.2, -0.15) is 4.98 Å². The molecule has 0 atom stereocenters. The summed E-state index contributed by atoms with van der Waals surface area (Å²) in [5.74, 6) is 1.25. The zero-order chi connectivity index (χ0) is 20.3. The highest BCUT2D eigenvalue weighted by molar-refractivity contribution is 7.13. The normalized spacial score (nSPS) is 17.6. The Morgan fingerprint density at radius 2 is 1.93 bits per heavy atom. The van der Waals surface area contributed by atoms with Crippen LogP contribution in [0.1, 0.15) is 29.2 Å². The molecule has 0 radical (unpaired) electrons. The maximum atomic E-state index is 13.0. The summed E-state index contributed by atoms with van der Waals surface area (Å²) < 4.78 is 5.41. The first-order valence-corrected chi connectivity index (χ1v) is 11.2. The Hall–Kier alpha value is -2.78. The van der Waals surface area contributed by atoms with Crippen molar-refractivity contribution in [2.75, 3.05) is 44.2 Å². The van der Waals surface area contributed by atoms with Gasteiger partial charge in [-0.15, -0.1) is 11.3 Å². The summed E-state index contributed by atoms with van der Waals surface area (Å²) in [7, 11) is 0. The molecule has 0 bridgehead atoms. The average Bonchev–Trinajstić information content (AvgIpc) is 3.56. The van der Waals surface area contributed by atoms with Crippen molar-refractivity contribution in [3.05, 3.63) is 47.4 Å². The number of anilines is 1. The highest BCUT2D eigenvalue weighted by Gasteiger charge is 2.25. The van der Waals surface area contributed by atoms with Gasteiger partial charge in [-0.05, 0) is 36.4 Å². The third-order valence-corrected chi connectivity index (χ3v) is 6.53. The molecule has 2 aliphatic rings. The first-order valence-electron chi connectivity index (χ1n) is 10.4. The maximum Gasteiger partial charge on any atom is 0.272 e. The van der Waals surface area contributed by atoms with Gasteiger partial charge in [-0.25, -0.2) is 0 Å². The van der Waals surface area contributed by atoms with Gasteiger partial charge >= 0.3 is 0 Å². The lowest BCUT2D eigenvalue weighted by Crippen LogP contribution is -2.48. The van der Waals surface area contributed by atoms with E-state index in [1.165, 1.54) is 12.8 Å². The molecule has 2 aliphatic heterocycles. The van der Waals surface area contributed by atoms with Gasteiger partial charge in [0.05, 0.1) is 11.4 Å². The molecule has 156 valence electrons. The minimum absolute atomic E-state index is 0.00784. The fourth-order valence-electron chi connectivity index (χ4n) is 4.00. The number of carbonyl (C=O) groups is 1. The molecule has 9 heteroatoms. The Labute approximate surface area is 179 Å². The molecule has 0 spiro atoms. The van der Waals surface area contributed by atoms with Gasteiger partial charge < -0.3 is 14.3 Å². The number of hydrogen-bond acceptors (Lipinski definition) is 8. The van der Waals surface area contributed by atoms with E-state index < -0.39 is 0 Å². The van der Waals surface area contributed by atoms with Crippen LogP contribution < -0.4 is 4.90 Å². The monoisotopic (exact) mass is 424 g/mol. The summed E-state index contributed by atoms with van der Waals surface area (Å²) in [6.45, 7) is 5.59. The lowest BCUT2D eigenvalue weighted by molar-refractivity contribution is 0.0609. The second-order valence-electron chi connectivity index (χ2n) is 7.65. The largest absolute Gasteiger partial charge is 0.371 e. The number of thiophene rings is 1. The molecule has 0 N–H and O–H groups in total. The van der Waals surface area contributed by atoms with Crippen LogP contribution in [-0.2, 0) is 6.54 Å². The molecular weight excluding hydrogens is 400 g/mol. The number of nitrogens with zero attached hydrogens (tertiary/aromatic N) is 6. The number of aromatic nitrogens is 3. The van der Waals surface area contributed by atoms with Crippen LogP contribution in [0.2, 0.25) is 0 Å². The van der Waals surface area contributed by atoms with Crippen molar-refractivity contribution < 1.29 is 9.32 Å². The van der Waals surface area contributed by atoms with E-state index >= 15 is 0 Å². The molecule has 0 aromatic carbocycles. The third kappa shape index (κ3) is 4.08. The molecule has 3 aromatic heterocycles. The predicted molar refractivity (Wildman–Crippen MR) is 114 cm³/mol. The Balaban J connectivity index is 1.17. The molecule has 2 fully saturated rings. The van der Waals surface area contributed by atoms with Crippen LogP contribution in [0.5, 0.6) is 0 Å². The van der Waals surface area contributed by atoms with E-state index in [0.717, 1.165) is 36.7 Å². The van der Waals surface area contributed by atoms with Crippen molar-refractivity contribution in [2.45, 2.75) is 19.4 Å². The number of rotatable bonds is 5. The average molecular weight is 425 g/mol. The molecule has 30 heavy (non-hydrogen) atoms. The minimum atomic E-state index is 0.00784. The van der Waals surface area contributed by atoms with E-state index in [4.69, 9.17) is 4.52 Å². The smallest absolute Gasteiger partial charge is 0.272 e. The fourth-order valence-corrected chi connectivity index (χ4v) is 4.64. The van der Waals surface area contributed by atoms with E-state index in [9.17, 15) is 4.79 Å². The van der Waals surface area contributed by atoms with Crippen LogP contribution in [0, 0.1) is 0 Å². The third-order valence-electron chi connectivity index (χ3n) is 5.66. The summed E-state index contributed by atoms with van der Waals surface area (Å²) in [4.78, 5) is 29.2. The zero-order valence-corrected chi connectivity index (χ0v) is 17.6. The zero-order valence-electron chi connectivity index (χ0n) is 16.7. The van der Waals surface area contributed by atoms with Crippen molar-refractivity contribution in [2.24, 2.45) is 0 Å². The van der Waals surface area contributed by atoms with Gasteiger partial charge in [0, 0.05) is 51.2 Å². The Bertz CT molecular complexity index is 991. The minimum Gasteiger partial charge on any atom is -0.371 e. The first-order chi connectivity index (χ1) is 14.8. The molecule has 8 nitrogen and oxygen atoms in total. The first kappa shape index (κ1) is 19.2. The van der Waals surface area contributed by atoms with Gasteiger partial charge in [-0.1, -0.05) is 11.2 Å². The van der Waals surface area contributed by atoms with E-state index in [0.29, 0.717) is 37.0 Å². The van der Waals surface area contributed by atoms with Gasteiger partial charge in [0.25, 0.3) is 5.91 Å². The molecule has 1 amide bonds. The molecular formula is C21H24N6O2S. The van der Waals surface area contributed by atoms with Crippen LogP contribution in [-0.4, -0.2) is 70.1 Å². The van der Waals surface area contributed by atoms with Gasteiger partial charge in [0.1, 0.15) is 5.69 Å². The fraction of sp³-hybridized carbons (Fsp3) is 0.429. The van der Waals surface area contributed by atoms with Gasteiger partial charge in [-0.3, -0.25) is 14.7 Å². The standard InChI is InChI=1S/C21H24N6O2S/c28-21(17-14-16(5-6-22-17)26-7-1-2-8-26)27-11-9-25(10-12-27)15-19-23-20(24-29-19)18-4-3-13-30-18/h3-6,13-14H,1-2,7-12,15H2. The number of pyridine rings is 1. The van der Waals surface area contributed by atoms with Crippen LogP contribution in [0.4, 0.5) is 5.69 Å². The Kier molecular flexibility index (Phi) is 5.46. The quantitative estimate of drug-likeness (QED) is 0.623. The van der Waals surface area contributed by atoms with E-state index in [2.05, 4.69) is 24.9 Å². The lowest BCUT2D eigenvalue weighted by Gasteiger charge is -2.33. The molecule has 0 saturated carbocycles. The molecule has 5 heterocycles. The van der Waals surface area contributed by atoms with Crippen LogP contribution in [0.15, 0.2) is 40.4 Å². The number of piperazine rings is 1. The Morgan fingerprint density at radius 3 is 2.70 bits per heavy atom. The summed E-state index contributed by atoms with van der Waals surface area (Å²) in [5, 5.41) is 6.07. The SMILES string of the molecule is O=C(c1cc(N2CCCC2)ccn1)N1CCN(Cc2nc(-c3cccs3)no2)CC1. The molecule has 2 saturated heterocycles. The van der Waals surface area contributed by atoms with Crippen LogP contribution in [0.25, 0.3) is 10.7 Å². The predicted octanol–water partition coefficient (Wildman–Crippen LogP) is 2.75. The summed E-state index contributed by atoms with van der Waals surface area (Å²) in [6, 6.07) is 7.89. The number of carbonyl (C=O) groups excluding carboxylic acids is 1. The van der Waals surface area contributed by atoms with Crippen LogP contribution >= 0.6 is 11.3 Å². The number of amides is 1. The van der Waals surface area contributed by atoms with Crippen molar-refractivity contribution in [3.63, 3.8) is 0 Å². The van der Waals surface area contributed by atoms with Gasteiger partial charge in [0.2, 0.25) is 11.7 Å². The van der Waals surface area contributed by atoms with Crippen molar-refractivity contribution in [3.8, 4) is 10.7 Å². The topological polar surface area (TPSA) is 78.6 Å². The summed E-state index contributed by atoms with van der Waals surface area (Å²) >= 11 is 1.59. The molecule has 0 aliphatic carbocycles. The molecule has 5 rings (SSSR count). The van der Waals surface area contributed by atoms with Gasteiger partial charge in [0.15, 0.2) is 0 Å². The highest BCUT2D eigenvalue weighted by atomic mass is 32.1. The second-order valence-corrected chi connectivity index (χ2v) is 8.60. The summed E-state index contributed by atoms with van der Waals surface area (Å²) in [5.41, 5.74) is 1.63. The van der Waals surface area contributed by atoms with Crippen molar-refractivity contribution >= 4 is 22.9 Å². The van der Waals surface area contributed by atoms with E-state index in [1.54, 1.807) is 17.5 Å². The van der Waals surface area contributed by atoms with E-state index in [-0.39, 0.29) is 5.91 Å². The van der Waals surface area contributed by atoms with E-state index in [1.807, 2.05) is 34.5 Å². The lowest BCUT2D eigenvalue weighted by atomic mass is 10.2. The van der Waals surface area contributed by atoms with Crippen molar-refractivity contribution in [1.29, 1.82) is 0 Å². The number of hydrogen-bond donors (Lipinski definition) is 0. The Morgan fingerprint density at radius 1 is 1.10 bits per heavy atom. The molecule has 0 unspecified atom stereocenters. The maximum absolute atomic E-state index is 13.0. The second kappa shape index (κ2) is 8.53. The highest BCUT2D eigenvalue weighted by Crippen LogP contribution is 2.23. The van der Waals surface area contributed by atoms with Crippen LogP contribution in [0.3, 0.4) is 0 Å².